The largest absolute Gasteiger partial charge is 0.389 e. The van der Waals surface area contributed by atoms with Gasteiger partial charge in [0.05, 0.1) is 0 Å². The molecular weight excluding hydrogens is 271 g/mol. The topological polar surface area (TPSA) is 29.3 Å². The van der Waals surface area contributed by atoms with Gasteiger partial charge in [0.1, 0.15) is 10.8 Å². The standard InChI is InChI=1S/C16H17FN2S/c1-11-7-8-13(17)9-12(11)10-19(2)15-6-4-3-5-14(15)16(18)20/h3-9H,10H2,1-2H3,(H2,18,20). The van der Waals surface area contributed by atoms with E-state index in [0.717, 1.165) is 22.4 Å². The van der Waals surface area contributed by atoms with Crippen LogP contribution in [0.5, 0.6) is 0 Å². The molecular formula is C16H17FN2S. The number of benzene rings is 2. The van der Waals surface area contributed by atoms with Crippen LogP contribution in [0, 0.1) is 12.7 Å². The fourth-order valence-corrected chi connectivity index (χ4v) is 2.34. The third-order valence-electron chi connectivity index (χ3n) is 3.30. The van der Waals surface area contributed by atoms with Gasteiger partial charge in [-0.15, -0.1) is 0 Å². The Morgan fingerprint density at radius 1 is 1.25 bits per heavy atom. The summed E-state index contributed by atoms with van der Waals surface area (Å²) in [5.74, 6) is -0.221. The Bertz CT molecular complexity index is 640. The van der Waals surface area contributed by atoms with E-state index in [2.05, 4.69) is 0 Å². The molecule has 0 saturated carbocycles. The summed E-state index contributed by atoms with van der Waals surface area (Å²) >= 11 is 5.07. The monoisotopic (exact) mass is 288 g/mol. The highest BCUT2D eigenvalue weighted by Crippen LogP contribution is 2.22. The Morgan fingerprint density at radius 2 is 1.95 bits per heavy atom. The van der Waals surface area contributed by atoms with Crippen molar-refractivity contribution in [3.05, 3.63) is 65.0 Å². The number of aryl methyl sites for hydroxylation is 1. The van der Waals surface area contributed by atoms with Crippen molar-refractivity contribution in [2.45, 2.75) is 13.5 Å². The van der Waals surface area contributed by atoms with Gasteiger partial charge >= 0.3 is 0 Å². The maximum absolute atomic E-state index is 13.3. The Hall–Kier alpha value is -1.94. The van der Waals surface area contributed by atoms with Gasteiger partial charge in [0.15, 0.2) is 0 Å². The van der Waals surface area contributed by atoms with E-state index in [1.807, 2.05) is 43.1 Å². The van der Waals surface area contributed by atoms with E-state index in [0.29, 0.717) is 11.5 Å². The average Bonchev–Trinajstić information content (AvgIpc) is 2.42. The predicted octanol–water partition coefficient (Wildman–Crippen LogP) is 3.40. The van der Waals surface area contributed by atoms with E-state index in [1.54, 1.807) is 12.1 Å². The normalized spacial score (nSPS) is 10.3. The summed E-state index contributed by atoms with van der Waals surface area (Å²) in [6.45, 7) is 2.57. The molecule has 2 aromatic rings. The van der Waals surface area contributed by atoms with Gasteiger partial charge in [-0.1, -0.05) is 30.4 Å². The third-order valence-corrected chi connectivity index (χ3v) is 3.52. The molecule has 0 amide bonds. The molecule has 0 atom stereocenters. The number of nitrogens with zero attached hydrogens (tertiary/aromatic N) is 1. The minimum atomic E-state index is -0.221. The van der Waals surface area contributed by atoms with E-state index in [4.69, 9.17) is 18.0 Å². The molecule has 4 heteroatoms. The van der Waals surface area contributed by atoms with Crippen LogP contribution in [-0.4, -0.2) is 12.0 Å². The maximum atomic E-state index is 13.3. The first-order valence-electron chi connectivity index (χ1n) is 6.34. The molecule has 2 rings (SSSR count). The summed E-state index contributed by atoms with van der Waals surface area (Å²) in [6, 6.07) is 12.5. The highest BCUT2D eigenvalue weighted by atomic mass is 32.1. The quantitative estimate of drug-likeness (QED) is 0.874. The van der Waals surface area contributed by atoms with Crippen LogP contribution in [0.15, 0.2) is 42.5 Å². The summed E-state index contributed by atoms with van der Waals surface area (Å²) in [5, 5.41) is 0. The van der Waals surface area contributed by atoms with Crippen LogP contribution < -0.4 is 10.6 Å². The van der Waals surface area contributed by atoms with Crippen molar-refractivity contribution in [2.24, 2.45) is 5.73 Å². The Morgan fingerprint density at radius 3 is 2.65 bits per heavy atom. The molecule has 0 saturated heterocycles. The summed E-state index contributed by atoms with van der Waals surface area (Å²) in [5.41, 5.74) is 9.54. The lowest BCUT2D eigenvalue weighted by Crippen LogP contribution is -2.21. The summed E-state index contributed by atoms with van der Waals surface area (Å²) < 4.78 is 13.3. The second-order valence-electron chi connectivity index (χ2n) is 4.81. The van der Waals surface area contributed by atoms with Gasteiger partial charge in [-0.05, 0) is 42.3 Å². The van der Waals surface area contributed by atoms with Gasteiger partial charge in [0, 0.05) is 24.8 Å². The molecule has 0 radical (unpaired) electrons. The third kappa shape index (κ3) is 3.14. The zero-order chi connectivity index (χ0) is 14.7. The van der Waals surface area contributed by atoms with Crippen molar-refractivity contribution in [3.8, 4) is 0 Å². The van der Waals surface area contributed by atoms with Crippen LogP contribution in [0.2, 0.25) is 0 Å². The van der Waals surface area contributed by atoms with Crippen molar-refractivity contribution in [1.29, 1.82) is 0 Å². The number of rotatable bonds is 4. The highest BCUT2D eigenvalue weighted by Gasteiger charge is 2.10. The lowest BCUT2D eigenvalue weighted by Gasteiger charge is -2.23. The number of para-hydroxylation sites is 1. The molecule has 20 heavy (non-hydrogen) atoms. The molecule has 0 aliphatic heterocycles. The molecule has 2 N–H and O–H groups in total. The molecule has 0 aliphatic carbocycles. The molecule has 2 nitrogen and oxygen atoms in total. The lowest BCUT2D eigenvalue weighted by molar-refractivity contribution is 0.624. The first-order valence-corrected chi connectivity index (χ1v) is 6.75. The molecule has 2 aromatic carbocycles. The zero-order valence-electron chi connectivity index (χ0n) is 11.6. The van der Waals surface area contributed by atoms with Crippen molar-refractivity contribution in [1.82, 2.24) is 0 Å². The summed E-state index contributed by atoms with van der Waals surface area (Å²) in [7, 11) is 1.95. The second-order valence-corrected chi connectivity index (χ2v) is 5.25. The van der Waals surface area contributed by atoms with E-state index < -0.39 is 0 Å². The Kier molecular flexibility index (Phi) is 4.35. The van der Waals surface area contributed by atoms with Gasteiger partial charge < -0.3 is 10.6 Å². The van der Waals surface area contributed by atoms with E-state index in [1.165, 1.54) is 6.07 Å². The van der Waals surface area contributed by atoms with E-state index in [9.17, 15) is 4.39 Å². The number of halogens is 1. The number of anilines is 1. The van der Waals surface area contributed by atoms with Gasteiger partial charge in [-0.25, -0.2) is 4.39 Å². The van der Waals surface area contributed by atoms with Gasteiger partial charge in [0.25, 0.3) is 0 Å². The molecule has 0 unspecified atom stereocenters. The number of thiocarbonyl (C=S) groups is 1. The summed E-state index contributed by atoms with van der Waals surface area (Å²) in [6.07, 6.45) is 0. The van der Waals surface area contributed by atoms with Crippen molar-refractivity contribution in [3.63, 3.8) is 0 Å². The molecule has 0 aromatic heterocycles. The van der Waals surface area contributed by atoms with Crippen molar-refractivity contribution in [2.75, 3.05) is 11.9 Å². The first-order chi connectivity index (χ1) is 9.49. The minimum Gasteiger partial charge on any atom is -0.389 e. The minimum absolute atomic E-state index is 0.221. The Balaban J connectivity index is 2.31. The molecule has 0 bridgehead atoms. The molecule has 0 spiro atoms. The van der Waals surface area contributed by atoms with Crippen LogP contribution in [0.4, 0.5) is 10.1 Å². The average molecular weight is 288 g/mol. The molecule has 0 heterocycles. The molecule has 104 valence electrons. The fraction of sp³-hybridized carbons (Fsp3) is 0.188. The highest BCUT2D eigenvalue weighted by molar-refractivity contribution is 7.80. The lowest BCUT2D eigenvalue weighted by atomic mass is 10.1. The first kappa shape index (κ1) is 14.5. The maximum Gasteiger partial charge on any atom is 0.123 e. The number of nitrogens with two attached hydrogens (primary N) is 1. The van der Waals surface area contributed by atoms with Gasteiger partial charge in [-0.2, -0.15) is 0 Å². The fourth-order valence-electron chi connectivity index (χ4n) is 2.17. The van der Waals surface area contributed by atoms with Gasteiger partial charge in [0.2, 0.25) is 0 Å². The SMILES string of the molecule is Cc1ccc(F)cc1CN(C)c1ccccc1C(N)=S. The van der Waals surface area contributed by atoms with E-state index >= 15 is 0 Å². The number of hydrogen-bond donors (Lipinski definition) is 1. The predicted molar refractivity (Wildman–Crippen MR) is 85.6 cm³/mol. The summed E-state index contributed by atoms with van der Waals surface area (Å²) in [4.78, 5) is 2.39. The van der Waals surface area contributed by atoms with Gasteiger partial charge in [-0.3, -0.25) is 0 Å². The van der Waals surface area contributed by atoms with Crippen LogP contribution in [-0.2, 0) is 6.54 Å². The van der Waals surface area contributed by atoms with Crippen LogP contribution in [0.25, 0.3) is 0 Å². The second kappa shape index (κ2) is 6.01. The van der Waals surface area contributed by atoms with Crippen LogP contribution >= 0.6 is 12.2 Å². The van der Waals surface area contributed by atoms with Crippen molar-refractivity contribution >= 4 is 22.9 Å². The smallest absolute Gasteiger partial charge is 0.123 e. The molecule has 0 fully saturated rings. The van der Waals surface area contributed by atoms with E-state index in [-0.39, 0.29) is 5.82 Å². The number of hydrogen-bond acceptors (Lipinski definition) is 2. The van der Waals surface area contributed by atoms with Crippen LogP contribution in [0.3, 0.4) is 0 Å². The van der Waals surface area contributed by atoms with Crippen LogP contribution in [0.1, 0.15) is 16.7 Å². The Labute approximate surface area is 124 Å². The van der Waals surface area contributed by atoms with Crippen molar-refractivity contribution < 1.29 is 4.39 Å². The molecule has 0 aliphatic rings. The zero-order valence-corrected chi connectivity index (χ0v) is 12.4.